The summed E-state index contributed by atoms with van der Waals surface area (Å²) in [7, 11) is 0. The zero-order valence-corrected chi connectivity index (χ0v) is 37.9. The van der Waals surface area contributed by atoms with Crippen LogP contribution in [0.15, 0.2) is 249 Å². The molecule has 3 heterocycles. The summed E-state index contributed by atoms with van der Waals surface area (Å²) in [6.07, 6.45) is 0. The van der Waals surface area contributed by atoms with Gasteiger partial charge in [-0.05, 0) is 98.4 Å². The molecule has 0 aliphatic carbocycles. The van der Waals surface area contributed by atoms with E-state index in [9.17, 15) is 0 Å². The molecule has 3 aromatic heterocycles. The molecule has 0 amide bonds. The molecule has 0 aliphatic rings. The van der Waals surface area contributed by atoms with Crippen molar-refractivity contribution in [1.29, 1.82) is 0 Å². The topological polar surface area (TPSA) is 48.5 Å². The van der Waals surface area contributed by atoms with Crippen molar-refractivity contribution in [2.45, 2.75) is 0 Å². The lowest BCUT2D eigenvalue weighted by Gasteiger charge is -2.13. The van der Waals surface area contributed by atoms with Crippen LogP contribution < -0.4 is 0 Å². The number of hydrogen-bond donors (Lipinski definition) is 0. The van der Waals surface area contributed by atoms with Crippen molar-refractivity contribution in [2.24, 2.45) is 0 Å². The fourth-order valence-electron chi connectivity index (χ4n) is 10.7. The Labute approximate surface area is 403 Å². The van der Waals surface area contributed by atoms with E-state index >= 15 is 0 Å². The zero-order valence-electron chi connectivity index (χ0n) is 37.9. The minimum absolute atomic E-state index is 0.628. The largest absolute Gasteiger partial charge is 0.309 e. The Morgan fingerprint density at radius 3 is 1.59 bits per heavy atom. The average Bonchev–Trinajstić information content (AvgIpc) is 3.94. The molecule has 0 spiro atoms. The van der Waals surface area contributed by atoms with Crippen LogP contribution in [0.2, 0.25) is 0 Å². The molecule has 0 unspecified atom stereocenters. The quantitative estimate of drug-likeness (QED) is 0.160. The Bertz CT molecular complexity index is 4330. The number of nitrogens with zero attached hydrogens (tertiary/aromatic N) is 5. The first-order valence-electron chi connectivity index (χ1n) is 23.8. The molecule has 14 aromatic rings. The van der Waals surface area contributed by atoms with E-state index in [1.54, 1.807) is 0 Å². The Kier molecular flexibility index (Phi) is 9.14. The van der Waals surface area contributed by atoms with Crippen LogP contribution in [0.3, 0.4) is 0 Å². The van der Waals surface area contributed by atoms with Crippen LogP contribution in [0.25, 0.3) is 133 Å². The smallest absolute Gasteiger partial charge is 0.164 e. The van der Waals surface area contributed by atoms with E-state index in [0.717, 1.165) is 66.5 Å². The van der Waals surface area contributed by atoms with Crippen molar-refractivity contribution in [3.8, 4) is 67.8 Å². The third-order valence-electron chi connectivity index (χ3n) is 13.9. The Balaban J connectivity index is 0.977. The fraction of sp³-hybridized carbons (Fsp3) is 0. The monoisotopic (exact) mass is 891 g/mol. The van der Waals surface area contributed by atoms with Crippen molar-refractivity contribution in [1.82, 2.24) is 24.1 Å². The summed E-state index contributed by atoms with van der Waals surface area (Å²) in [5.41, 5.74) is 14.3. The number of benzene rings is 11. The van der Waals surface area contributed by atoms with Crippen LogP contribution in [0, 0.1) is 0 Å². The van der Waals surface area contributed by atoms with Crippen molar-refractivity contribution >= 4 is 65.2 Å². The van der Waals surface area contributed by atoms with Crippen molar-refractivity contribution in [3.63, 3.8) is 0 Å². The van der Waals surface area contributed by atoms with Crippen molar-refractivity contribution in [3.05, 3.63) is 249 Å². The lowest BCUT2D eigenvalue weighted by molar-refractivity contribution is 1.08. The van der Waals surface area contributed by atoms with Gasteiger partial charge in [-0.1, -0.05) is 194 Å². The highest BCUT2D eigenvalue weighted by Gasteiger charge is 2.22. The van der Waals surface area contributed by atoms with E-state index in [4.69, 9.17) is 15.0 Å². The number of aromatic nitrogens is 5. The molecule has 0 atom stereocenters. The Morgan fingerprint density at radius 1 is 0.243 bits per heavy atom. The van der Waals surface area contributed by atoms with Gasteiger partial charge in [0.15, 0.2) is 17.5 Å². The van der Waals surface area contributed by atoms with Gasteiger partial charge in [-0.2, -0.15) is 0 Å². The minimum Gasteiger partial charge on any atom is -0.309 e. The van der Waals surface area contributed by atoms with Gasteiger partial charge >= 0.3 is 0 Å². The molecule has 0 aliphatic heterocycles. The minimum atomic E-state index is 0.628. The van der Waals surface area contributed by atoms with Crippen LogP contribution in [0.5, 0.6) is 0 Å². The first kappa shape index (κ1) is 39.7. The summed E-state index contributed by atoms with van der Waals surface area (Å²) in [4.78, 5) is 15.5. The summed E-state index contributed by atoms with van der Waals surface area (Å²) >= 11 is 0. The molecule has 0 fully saturated rings. The molecule has 5 nitrogen and oxygen atoms in total. The van der Waals surface area contributed by atoms with Gasteiger partial charge in [-0.25, -0.2) is 15.0 Å². The molecule has 0 saturated carbocycles. The molecule has 70 heavy (non-hydrogen) atoms. The highest BCUT2D eigenvalue weighted by Crippen LogP contribution is 2.45. The van der Waals surface area contributed by atoms with Gasteiger partial charge in [-0.15, -0.1) is 0 Å². The second kappa shape index (κ2) is 16.1. The molecular weight excluding hydrogens is 851 g/mol. The molecule has 0 saturated heterocycles. The van der Waals surface area contributed by atoms with Crippen LogP contribution >= 0.6 is 0 Å². The number of hydrogen-bond acceptors (Lipinski definition) is 3. The lowest BCUT2D eigenvalue weighted by Crippen LogP contribution is -2.01. The van der Waals surface area contributed by atoms with E-state index in [-0.39, 0.29) is 0 Å². The highest BCUT2D eigenvalue weighted by molar-refractivity contribution is 6.27. The molecule has 14 rings (SSSR count). The van der Waals surface area contributed by atoms with Gasteiger partial charge < -0.3 is 9.13 Å². The standard InChI is InChI=1S/C65H41N5/c1-5-19-42(20-6-1)45-25-17-27-47(37-45)64-66-63(44-23-9-3-10-24-44)67-65(68-64)54-33-18-26-46-38-49(35-36-50(46)54)70-58-34-16-15-31-52(58)56-39-57-60(41-59(56)70)69(48-28-11-4-12-29-48)61-40-55(43-21-7-2-8-22-43)51-30-13-14-32-53(51)62(57)61/h1-41H. The normalized spacial score (nSPS) is 11.7. The summed E-state index contributed by atoms with van der Waals surface area (Å²) in [6, 6.07) is 88.8. The molecule has 5 heteroatoms. The Hall–Kier alpha value is -9.45. The van der Waals surface area contributed by atoms with Crippen molar-refractivity contribution in [2.75, 3.05) is 0 Å². The number of fused-ring (bicyclic) bond motifs is 9. The lowest BCUT2D eigenvalue weighted by atomic mass is 9.94. The van der Waals surface area contributed by atoms with Gasteiger partial charge in [0.2, 0.25) is 0 Å². The summed E-state index contributed by atoms with van der Waals surface area (Å²) in [5.74, 6) is 1.89. The molecule has 0 N–H and O–H groups in total. The molecule has 0 bridgehead atoms. The second-order valence-electron chi connectivity index (χ2n) is 18.0. The maximum absolute atomic E-state index is 5.23. The maximum atomic E-state index is 5.23. The summed E-state index contributed by atoms with van der Waals surface area (Å²) in [6.45, 7) is 0. The van der Waals surface area contributed by atoms with Crippen LogP contribution in [0.4, 0.5) is 0 Å². The van der Waals surface area contributed by atoms with Gasteiger partial charge in [0, 0.05) is 49.6 Å². The number of rotatable bonds is 7. The fourth-order valence-corrected chi connectivity index (χ4v) is 10.7. The highest BCUT2D eigenvalue weighted by atomic mass is 15.0. The van der Waals surface area contributed by atoms with Crippen LogP contribution in [-0.2, 0) is 0 Å². The third kappa shape index (κ3) is 6.44. The van der Waals surface area contributed by atoms with Gasteiger partial charge in [0.05, 0.1) is 22.1 Å². The average molecular weight is 892 g/mol. The van der Waals surface area contributed by atoms with E-state index in [2.05, 4.69) is 234 Å². The third-order valence-corrected chi connectivity index (χ3v) is 13.9. The number of para-hydroxylation sites is 2. The predicted octanol–water partition coefficient (Wildman–Crippen LogP) is 16.7. The van der Waals surface area contributed by atoms with Gasteiger partial charge in [0.25, 0.3) is 0 Å². The van der Waals surface area contributed by atoms with Gasteiger partial charge in [0.1, 0.15) is 0 Å². The zero-order chi connectivity index (χ0) is 46.1. The van der Waals surface area contributed by atoms with Gasteiger partial charge in [-0.3, -0.25) is 0 Å². The SMILES string of the molecule is c1ccc(-c2cccc(-c3nc(-c4ccccc4)nc(-c4cccc5cc(-n6c7ccccc7c7cc8c9c%10ccccc%10c(-c%10ccccc%10)cc9n(-c9ccccc9)c8cc76)ccc45)n3)c2)cc1. The molecule has 0 radical (unpaired) electrons. The van der Waals surface area contributed by atoms with E-state index in [0.29, 0.717) is 17.5 Å². The maximum Gasteiger partial charge on any atom is 0.164 e. The van der Waals surface area contributed by atoms with E-state index in [1.165, 1.54) is 49.0 Å². The second-order valence-corrected chi connectivity index (χ2v) is 18.0. The summed E-state index contributed by atoms with van der Waals surface area (Å²) < 4.78 is 4.90. The molecule has 326 valence electrons. The Morgan fingerprint density at radius 2 is 0.814 bits per heavy atom. The molecular formula is C65H41N5. The van der Waals surface area contributed by atoms with Crippen LogP contribution in [0.1, 0.15) is 0 Å². The molecule has 11 aromatic carbocycles. The van der Waals surface area contributed by atoms with E-state index < -0.39 is 0 Å². The van der Waals surface area contributed by atoms with Crippen molar-refractivity contribution < 1.29 is 0 Å². The first-order valence-corrected chi connectivity index (χ1v) is 23.8. The van der Waals surface area contributed by atoms with Crippen LogP contribution in [-0.4, -0.2) is 24.1 Å². The van der Waals surface area contributed by atoms with E-state index in [1.807, 2.05) is 24.3 Å². The predicted molar refractivity (Wildman–Crippen MR) is 291 cm³/mol. The first-order chi connectivity index (χ1) is 34.7. The summed E-state index contributed by atoms with van der Waals surface area (Å²) in [5, 5.41) is 9.55.